The molecular weight excluding hydrogens is 1020 g/mol. The first-order valence-electron chi connectivity index (χ1n) is 25.6. The zero-order valence-electron chi connectivity index (χ0n) is 42.3. The van der Waals surface area contributed by atoms with E-state index in [1.165, 1.54) is 0 Å². The molecule has 10 rings (SSSR count). The first-order chi connectivity index (χ1) is 35.4. The Morgan fingerprint density at radius 3 is 1.68 bits per heavy atom. The lowest BCUT2D eigenvalue weighted by molar-refractivity contribution is 0.0986. The number of aryl methyl sites for hydroxylation is 2. The number of anilines is 4. The maximum Gasteiger partial charge on any atom is 0.407 e. The molecule has 4 aliphatic rings. The maximum atomic E-state index is 14.1. The van der Waals surface area contributed by atoms with Gasteiger partial charge in [-0.3, -0.25) is 4.68 Å². The van der Waals surface area contributed by atoms with Crippen molar-refractivity contribution in [2.75, 3.05) is 10.6 Å². The molecule has 3 atom stereocenters. The van der Waals surface area contributed by atoms with E-state index >= 15 is 0 Å². The first-order valence-corrected chi connectivity index (χ1v) is 30.5. The molecule has 4 fully saturated rings. The molecule has 2 amide bonds. The second-order valence-corrected chi connectivity index (χ2v) is 27.3. The molecule has 0 radical (unpaired) electrons. The smallest absolute Gasteiger partial charge is 0.407 e. The number of ether oxygens (including phenoxy) is 2. The second-order valence-electron chi connectivity index (χ2n) is 20.6. The molecule has 6 N–H and O–H groups in total. The normalized spacial score (nSPS) is 22.0. The van der Waals surface area contributed by atoms with Crippen LogP contribution in [-0.2, 0) is 42.4 Å². The van der Waals surface area contributed by atoms with Crippen LogP contribution in [0.4, 0.5) is 32.8 Å². The van der Waals surface area contributed by atoms with Crippen molar-refractivity contribution in [3.05, 3.63) is 82.5 Å². The van der Waals surface area contributed by atoms with E-state index in [0.717, 1.165) is 125 Å². The van der Waals surface area contributed by atoms with E-state index in [4.69, 9.17) is 33.4 Å². The van der Waals surface area contributed by atoms with Gasteiger partial charge in [0.1, 0.15) is 17.7 Å². The summed E-state index contributed by atoms with van der Waals surface area (Å²) >= 11 is 3.17. The highest BCUT2D eigenvalue weighted by molar-refractivity contribution is 7.93. The Morgan fingerprint density at radius 1 is 0.703 bits per heavy atom. The molecule has 0 bridgehead atoms. The molecule has 4 aromatic heterocycles. The Bertz CT molecular complexity index is 3230. The van der Waals surface area contributed by atoms with Gasteiger partial charge in [0, 0.05) is 88.8 Å². The summed E-state index contributed by atoms with van der Waals surface area (Å²) in [7, 11) is -4.27. The Kier molecular flexibility index (Phi) is 14.9. The van der Waals surface area contributed by atoms with Gasteiger partial charge in [-0.15, -0.1) is 22.7 Å². The summed E-state index contributed by atoms with van der Waals surface area (Å²) in [6.07, 6.45) is 13.7. The number of alkyl carbamates (subject to hydrolysis) is 2. The zero-order valence-corrected chi connectivity index (χ0v) is 45.6. The highest BCUT2D eigenvalue weighted by Crippen LogP contribution is 2.46. The van der Waals surface area contributed by atoms with E-state index in [1.807, 2.05) is 76.6 Å². The third-order valence-corrected chi connectivity index (χ3v) is 21.4. The number of hydrogen-bond acceptors (Lipinski definition) is 17. The van der Waals surface area contributed by atoms with Crippen LogP contribution < -0.4 is 21.3 Å². The third kappa shape index (κ3) is 12.0. The fourth-order valence-corrected chi connectivity index (χ4v) is 16.3. The van der Waals surface area contributed by atoms with Crippen molar-refractivity contribution in [1.29, 1.82) is 9.56 Å². The summed E-state index contributed by atoms with van der Waals surface area (Å²) in [5.41, 5.74) is 3.76. The summed E-state index contributed by atoms with van der Waals surface area (Å²) in [6, 6.07) is 13.5. The number of amides is 2. The minimum Gasteiger partial charge on any atom is -0.447 e. The van der Waals surface area contributed by atoms with Gasteiger partial charge in [0.25, 0.3) is 6.01 Å². The average Bonchev–Trinajstić information content (AvgIpc) is 4.23. The average molecular weight is 1080 g/mol. The number of carbonyl (C=O) groups excluding carboxylic acids is 2. The van der Waals surface area contributed by atoms with Gasteiger partial charge in [0.15, 0.2) is 0 Å². The van der Waals surface area contributed by atoms with Gasteiger partial charge >= 0.3 is 12.2 Å². The van der Waals surface area contributed by atoms with E-state index in [1.54, 1.807) is 46.5 Å². The molecule has 22 heteroatoms. The Hall–Kier alpha value is -5.84. The van der Waals surface area contributed by atoms with Crippen LogP contribution in [0.2, 0.25) is 0 Å². The largest absolute Gasteiger partial charge is 0.447 e. The second kappa shape index (κ2) is 21.4. The Morgan fingerprint density at radius 2 is 1.20 bits per heavy atom. The van der Waals surface area contributed by atoms with Crippen LogP contribution >= 0.6 is 22.7 Å². The highest BCUT2D eigenvalue weighted by Gasteiger charge is 2.38. The van der Waals surface area contributed by atoms with Gasteiger partial charge in [0.2, 0.25) is 0 Å². The molecule has 4 aliphatic carbocycles. The van der Waals surface area contributed by atoms with Crippen LogP contribution in [0.5, 0.6) is 0 Å². The molecule has 0 saturated heterocycles. The lowest BCUT2D eigenvalue weighted by Gasteiger charge is -2.28. The number of nitrogens with zero attached hydrogens (tertiary/aromatic N) is 5. The van der Waals surface area contributed by atoms with Crippen LogP contribution in [0.1, 0.15) is 131 Å². The predicted octanol–water partition coefficient (Wildman–Crippen LogP) is 12.1. The van der Waals surface area contributed by atoms with Gasteiger partial charge in [-0.25, -0.2) is 42.5 Å². The fraction of sp³-hybridized carbons (Fsp3) is 0.500. The number of thiazole rings is 2. The first kappa shape index (κ1) is 51.6. The minimum atomic E-state index is -3.11. The standard InChI is InChI=1S/C52H65N11O7S4/c1-29(2)68-51(64)60-34-10-6-32(7-11-34)48-56-28-44(72-48)42-21-15-37(25-46(42)74(54,67)40-18-19-40)59-50-57-26-38(70-50)23-31(4)69-52(65)61-35-12-8-33(9-13-35)49-55-27-43(71-49)41-20-14-36(58-47-22-30(3)62-63(47)5)24-45(41)73(53,66)39-16-17-39/h14-15,20-22,24-29,31-35,39-40,53-54,58H,6-13,16-19,23H2,1-5H3,(H,57,59)(H,60,64)(H,61,65)/t31?,32-,33-,34-,35-,73?,74?. The number of hydrogen-bond donors (Lipinski definition) is 6. The SMILES string of the molecule is Cc1cc(Nc2ccc(-c3cnc([C@H]4CC[C@H](NC(=O)OC(C)Cc5cnc(Nc6ccc(-c7cnc([C@H]8CC[C@H](NC(=O)OC(C)C)CC8)s7)c(S(=N)(=O)C7CC7)c6)o5)CC4)s3)c(S(=N)(=O)C3CC3)c2)n(C)n1. The number of nitrogens with one attached hydrogen (secondary N) is 6. The van der Waals surface area contributed by atoms with Crippen molar-refractivity contribution in [2.45, 2.75) is 168 Å². The summed E-state index contributed by atoms with van der Waals surface area (Å²) in [4.78, 5) is 42.1. The van der Waals surface area contributed by atoms with E-state index in [2.05, 4.69) is 31.3 Å². The Labute approximate surface area is 440 Å². The minimum absolute atomic E-state index is 0.0437. The summed E-state index contributed by atoms with van der Waals surface area (Å²) in [6.45, 7) is 7.40. The quantitative estimate of drug-likeness (QED) is 0.0469. The maximum absolute atomic E-state index is 14.1. The van der Waals surface area contributed by atoms with Crippen molar-refractivity contribution in [2.24, 2.45) is 7.05 Å². The van der Waals surface area contributed by atoms with E-state index in [-0.39, 0.29) is 52.6 Å². The van der Waals surface area contributed by atoms with Crippen LogP contribution in [0, 0.1) is 16.5 Å². The van der Waals surface area contributed by atoms with Crippen molar-refractivity contribution >= 4 is 77.5 Å². The number of oxazole rings is 1. The molecule has 74 heavy (non-hydrogen) atoms. The molecule has 4 heterocycles. The van der Waals surface area contributed by atoms with Gasteiger partial charge in [-0.05, 0) is 129 Å². The number of carbonyl (C=O) groups is 2. The number of rotatable bonds is 18. The molecule has 18 nitrogen and oxygen atoms in total. The molecule has 4 saturated carbocycles. The monoisotopic (exact) mass is 1080 g/mol. The van der Waals surface area contributed by atoms with Crippen molar-refractivity contribution < 1.29 is 31.9 Å². The molecule has 394 valence electrons. The number of aromatic nitrogens is 5. The third-order valence-electron chi connectivity index (χ3n) is 14.2. The molecule has 2 aromatic carbocycles. The van der Waals surface area contributed by atoms with E-state index in [0.29, 0.717) is 27.7 Å². The van der Waals surface area contributed by atoms with Crippen LogP contribution in [-0.4, -0.2) is 80.1 Å². The highest BCUT2D eigenvalue weighted by atomic mass is 32.2. The van der Waals surface area contributed by atoms with Crippen LogP contribution in [0.25, 0.3) is 20.9 Å². The topological polar surface area (TPSA) is 252 Å². The molecule has 6 aromatic rings. The molecule has 3 unspecified atom stereocenters. The Balaban J connectivity index is 0.709. The molecular formula is C52H65N11O7S4. The van der Waals surface area contributed by atoms with Crippen molar-refractivity contribution in [3.63, 3.8) is 0 Å². The van der Waals surface area contributed by atoms with Gasteiger partial charge in [-0.2, -0.15) is 5.10 Å². The van der Waals surface area contributed by atoms with Gasteiger partial charge in [-0.1, -0.05) is 12.1 Å². The summed E-state index contributed by atoms with van der Waals surface area (Å²) in [5, 5.41) is 18.7. The van der Waals surface area contributed by atoms with E-state index in [9.17, 15) is 18.0 Å². The molecule has 0 aliphatic heterocycles. The van der Waals surface area contributed by atoms with Gasteiger partial charge < -0.3 is 35.2 Å². The lowest BCUT2D eigenvalue weighted by atomic mass is 9.86. The van der Waals surface area contributed by atoms with Crippen molar-refractivity contribution in [1.82, 2.24) is 35.4 Å². The number of benzene rings is 2. The molecule has 0 spiro atoms. The summed E-state index contributed by atoms with van der Waals surface area (Å²) < 4.78 is 65.0. The zero-order chi connectivity index (χ0) is 51.9. The van der Waals surface area contributed by atoms with Crippen LogP contribution in [0.3, 0.4) is 0 Å². The lowest BCUT2D eigenvalue weighted by Crippen LogP contribution is -2.39. The summed E-state index contributed by atoms with van der Waals surface area (Å²) in [5.74, 6) is 1.80. The van der Waals surface area contributed by atoms with Gasteiger partial charge in [0.05, 0.1) is 67.0 Å². The van der Waals surface area contributed by atoms with Crippen molar-refractivity contribution in [3.8, 4) is 20.9 Å². The van der Waals surface area contributed by atoms with Crippen LogP contribution in [0.15, 0.2) is 75.3 Å². The van der Waals surface area contributed by atoms with E-state index < -0.39 is 31.7 Å². The predicted molar refractivity (Wildman–Crippen MR) is 288 cm³/mol. The fourth-order valence-electron chi connectivity index (χ4n) is 10.0.